The molecule has 3 N–H and O–H groups in total. The van der Waals surface area contributed by atoms with Crippen molar-refractivity contribution < 1.29 is 13.2 Å². The van der Waals surface area contributed by atoms with Crippen molar-refractivity contribution in [3.05, 3.63) is 18.0 Å². The van der Waals surface area contributed by atoms with E-state index in [2.05, 4.69) is 5.10 Å². The number of hydrogen-bond acceptors (Lipinski definition) is 2. The lowest BCUT2D eigenvalue weighted by Gasteiger charge is -2.02. The third kappa shape index (κ3) is 3.92. The SMILES string of the molecule is N=C(N)CCCCn1cc(C(F)(F)F)cn1. The molecule has 1 aromatic rings. The number of unbranched alkanes of at least 4 members (excludes halogenated alkanes) is 1. The number of rotatable bonds is 5. The molecule has 0 saturated carbocycles. The average Bonchev–Trinajstić information content (AvgIpc) is 2.59. The van der Waals surface area contributed by atoms with Crippen molar-refractivity contribution in [3.63, 3.8) is 0 Å². The minimum absolute atomic E-state index is 0.0939. The molecule has 1 heterocycles. The Labute approximate surface area is 90.8 Å². The maximum absolute atomic E-state index is 12.2. The summed E-state index contributed by atoms with van der Waals surface area (Å²) >= 11 is 0. The zero-order valence-corrected chi connectivity index (χ0v) is 8.59. The largest absolute Gasteiger partial charge is 0.419 e. The van der Waals surface area contributed by atoms with Crippen LogP contribution in [0.3, 0.4) is 0 Å². The Bertz CT molecular complexity index is 356. The van der Waals surface area contributed by atoms with Gasteiger partial charge in [-0.15, -0.1) is 0 Å². The van der Waals surface area contributed by atoms with Crippen molar-refractivity contribution in [1.29, 1.82) is 5.41 Å². The van der Waals surface area contributed by atoms with Crippen LogP contribution < -0.4 is 5.73 Å². The zero-order chi connectivity index (χ0) is 12.2. The van der Waals surface area contributed by atoms with Crippen molar-refractivity contribution in [2.45, 2.75) is 32.0 Å². The minimum atomic E-state index is -4.34. The Morgan fingerprint density at radius 2 is 2.12 bits per heavy atom. The maximum atomic E-state index is 12.2. The van der Waals surface area contributed by atoms with Crippen LogP contribution in [0.15, 0.2) is 12.4 Å². The van der Waals surface area contributed by atoms with Crippen LogP contribution in [0.1, 0.15) is 24.8 Å². The molecule has 0 aliphatic rings. The van der Waals surface area contributed by atoms with Gasteiger partial charge in [0.25, 0.3) is 0 Å². The smallest absolute Gasteiger partial charge is 0.388 e. The second-order valence-electron chi connectivity index (χ2n) is 3.47. The Morgan fingerprint density at radius 3 is 2.62 bits per heavy atom. The van der Waals surface area contributed by atoms with Gasteiger partial charge >= 0.3 is 6.18 Å². The molecule has 0 saturated heterocycles. The van der Waals surface area contributed by atoms with Crippen molar-refractivity contribution in [2.24, 2.45) is 5.73 Å². The van der Waals surface area contributed by atoms with E-state index in [0.29, 0.717) is 25.8 Å². The van der Waals surface area contributed by atoms with Crippen LogP contribution in [-0.2, 0) is 12.7 Å². The van der Waals surface area contributed by atoms with Gasteiger partial charge in [0.15, 0.2) is 0 Å². The Balaban J connectivity index is 2.38. The van der Waals surface area contributed by atoms with Gasteiger partial charge in [0.05, 0.1) is 17.6 Å². The monoisotopic (exact) mass is 234 g/mol. The molecule has 0 spiro atoms. The summed E-state index contributed by atoms with van der Waals surface area (Å²) in [5, 5.41) is 10.6. The number of halogens is 3. The van der Waals surface area contributed by atoms with Gasteiger partial charge in [-0.1, -0.05) is 0 Å². The van der Waals surface area contributed by atoms with Gasteiger partial charge in [-0.2, -0.15) is 18.3 Å². The molecule has 1 aromatic heterocycles. The molecule has 0 radical (unpaired) electrons. The summed E-state index contributed by atoms with van der Waals surface area (Å²) in [7, 11) is 0. The standard InChI is InChI=1S/C9H13F3N4/c10-9(11,12)7-5-15-16(6-7)4-2-1-3-8(13)14/h5-6H,1-4H2,(H3,13,14). The van der Waals surface area contributed by atoms with E-state index in [1.165, 1.54) is 4.68 Å². The average molecular weight is 234 g/mol. The highest BCUT2D eigenvalue weighted by atomic mass is 19.4. The first-order chi connectivity index (χ1) is 7.39. The van der Waals surface area contributed by atoms with Gasteiger partial charge in [-0.05, 0) is 12.8 Å². The van der Waals surface area contributed by atoms with E-state index in [-0.39, 0.29) is 5.84 Å². The van der Waals surface area contributed by atoms with E-state index in [1.54, 1.807) is 0 Å². The van der Waals surface area contributed by atoms with Crippen LogP contribution >= 0.6 is 0 Å². The molecular formula is C9H13F3N4. The Morgan fingerprint density at radius 1 is 1.44 bits per heavy atom. The number of alkyl halides is 3. The second-order valence-corrected chi connectivity index (χ2v) is 3.47. The summed E-state index contributed by atoms with van der Waals surface area (Å²) in [5.41, 5.74) is 4.41. The van der Waals surface area contributed by atoms with Crippen molar-refractivity contribution in [3.8, 4) is 0 Å². The van der Waals surface area contributed by atoms with Crippen LogP contribution in [0.4, 0.5) is 13.2 Å². The first-order valence-corrected chi connectivity index (χ1v) is 4.82. The predicted molar refractivity (Wildman–Crippen MR) is 53.0 cm³/mol. The van der Waals surface area contributed by atoms with Crippen LogP contribution in [0.2, 0.25) is 0 Å². The Kier molecular flexibility index (Phi) is 3.92. The lowest BCUT2D eigenvalue weighted by atomic mass is 10.2. The van der Waals surface area contributed by atoms with Gasteiger partial charge in [0.1, 0.15) is 0 Å². The molecule has 0 amide bonds. The number of nitrogens with two attached hydrogens (primary N) is 1. The van der Waals surface area contributed by atoms with Crippen molar-refractivity contribution in [2.75, 3.05) is 0 Å². The molecule has 7 heteroatoms. The van der Waals surface area contributed by atoms with Crippen molar-refractivity contribution >= 4 is 5.84 Å². The second kappa shape index (κ2) is 5.00. The summed E-state index contributed by atoms with van der Waals surface area (Å²) in [6.45, 7) is 0.406. The van der Waals surface area contributed by atoms with E-state index >= 15 is 0 Å². The molecule has 16 heavy (non-hydrogen) atoms. The third-order valence-electron chi connectivity index (χ3n) is 2.04. The molecule has 0 fully saturated rings. The summed E-state index contributed by atoms with van der Waals surface area (Å²) < 4.78 is 37.8. The highest BCUT2D eigenvalue weighted by molar-refractivity contribution is 5.76. The van der Waals surface area contributed by atoms with E-state index in [4.69, 9.17) is 11.1 Å². The van der Waals surface area contributed by atoms with Crippen LogP contribution in [0.25, 0.3) is 0 Å². The molecule has 1 rings (SSSR count). The maximum Gasteiger partial charge on any atom is 0.419 e. The summed E-state index contributed by atoms with van der Waals surface area (Å²) in [5.74, 6) is 0.0939. The molecule has 0 atom stereocenters. The van der Waals surface area contributed by atoms with Crippen LogP contribution in [0, 0.1) is 5.41 Å². The molecule has 0 unspecified atom stereocenters. The molecule has 90 valence electrons. The molecule has 0 aliphatic heterocycles. The molecule has 0 aromatic carbocycles. The summed E-state index contributed by atoms with van der Waals surface area (Å²) in [6, 6.07) is 0. The fraction of sp³-hybridized carbons (Fsp3) is 0.556. The lowest BCUT2D eigenvalue weighted by molar-refractivity contribution is -0.137. The van der Waals surface area contributed by atoms with Gasteiger partial charge in [0, 0.05) is 19.2 Å². The van der Waals surface area contributed by atoms with E-state index in [1.807, 2.05) is 0 Å². The van der Waals surface area contributed by atoms with Crippen LogP contribution in [0.5, 0.6) is 0 Å². The summed E-state index contributed by atoms with van der Waals surface area (Å²) in [4.78, 5) is 0. The number of aromatic nitrogens is 2. The lowest BCUT2D eigenvalue weighted by Crippen LogP contribution is -2.09. The summed E-state index contributed by atoms with van der Waals surface area (Å²) in [6.07, 6.45) is -0.751. The fourth-order valence-corrected chi connectivity index (χ4v) is 1.22. The predicted octanol–water partition coefficient (Wildman–Crippen LogP) is 2.01. The fourth-order valence-electron chi connectivity index (χ4n) is 1.22. The number of hydrogen-bond donors (Lipinski definition) is 2. The molecule has 4 nitrogen and oxygen atoms in total. The Hall–Kier alpha value is -1.53. The van der Waals surface area contributed by atoms with E-state index in [0.717, 1.165) is 12.4 Å². The zero-order valence-electron chi connectivity index (χ0n) is 8.59. The van der Waals surface area contributed by atoms with Gasteiger partial charge in [-0.25, -0.2) is 0 Å². The number of aryl methyl sites for hydroxylation is 1. The quantitative estimate of drug-likeness (QED) is 0.465. The first kappa shape index (κ1) is 12.5. The topological polar surface area (TPSA) is 67.7 Å². The van der Waals surface area contributed by atoms with Gasteiger partial charge in [0.2, 0.25) is 0 Å². The van der Waals surface area contributed by atoms with Crippen LogP contribution in [-0.4, -0.2) is 15.6 Å². The molecular weight excluding hydrogens is 221 g/mol. The minimum Gasteiger partial charge on any atom is -0.388 e. The van der Waals surface area contributed by atoms with Crippen molar-refractivity contribution in [1.82, 2.24) is 9.78 Å². The first-order valence-electron chi connectivity index (χ1n) is 4.82. The number of nitrogens with one attached hydrogen (secondary N) is 1. The highest BCUT2D eigenvalue weighted by Crippen LogP contribution is 2.28. The highest BCUT2D eigenvalue weighted by Gasteiger charge is 2.31. The molecule has 0 bridgehead atoms. The number of amidine groups is 1. The van der Waals surface area contributed by atoms with Gasteiger partial charge in [-0.3, -0.25) is 10.1 Å². The van der Waals surface area contributed by atoms with E-state index in [9.17, 15) is 13.2 Å². The van der Waals surface area contributed by atoms with E-state index < -0.39 is 11.7 Å². The normalized spacial score (nSPS) is 11.7. The third-order valence-corrected chi connectivity index (χ3v) is 2.04. The molecule has 0 aliphatic carbocycles. The number of nitrogens with zero attached hydrogens (tertiary/aromatic N) is 2. The van der Waals surface area contributed by atoms with Gasteiger partial charge < -0.3 is 5.73 Å².